The van der Waals surface area contributed by atoms with Gasteiger partial charge in [-0.15, -0.1) is 11.3 Å². The molecule has 0 saturated heterocycles. The minimum Gasteiger partial charge on any atom is -0.325 e. The molecule has 1 N–H and O–H groups in total. The molecule has 0 unspecified atom stereocenters. The number of carbonyl (C=O) groups is 1. The van der Waals surface area contributed by atoms with Gasteiger partial charge in [0.25, 0.3) is 0 Å². The predicted octanol–water partition coefficient (Wildman–Crippen LogP) is 5.14. The zero-order valence-electron chi connectivity index (χ0n) is 13.5. The molecule has 1 aromatic heterocycles. The summed E-state index contributed by atoms with van der Waals surface area (Å²) in [7, 11) is 0. The predicted molar refractivity (Wildman–Crippen MR) is 104 cm³/mol. The number of nitrogens with one attached hydrogen (secondary N) is 1. The molecule has 4 rings (SSSR count). The first kappa shape index (κ1) is 15.5. The van der Waals surface area contributed by atoms with Gasteiger partial charge >= 0.3 is 0 Å². The Morgan fingerprint density at radius 2 is 1.68 bits per heavy atom. The van der Waals surface area contributed by atoms with Crippen LogP contribution >= 0.6 is 11.3 Å². The van der Waals surface area contributed by atoms with E-state index in [1.165, 1.54) is 0 Å². The summed E-state index contributed by atoms with van der Waals surface area (Å²) in [4.78, 5) is 17.0. The van der Waals surface area contributed by atoms with Crippen molar-refractivity contribution in [1.29, 1.82) is 0 Å². The maximum atomic E-state index is 12.4. The largest absolute Gasteiger partial charge is 0.325 e. The van der Waals surface area contributed by atoms with E-state index >= 15 is 0 Å². The number of carbonyl (C=O) groups excluding carboxylic acids is 1. The van der Waals surface area contributed by atoms with Crippen molar-refractivity contribution in [3.8, 4) is 10.6 Å². The maximum absolute atomic E-state index is 12.4. The number of benzene rings is 3. The molecule has 0 radical (unpaired) electrons. The molecule has 122 valence electrons. The fourth-order valence-corrected chi connectivity index (χ4v) is 3.62. The fraction of sp³-hybridized carbons (Fsp3) is 0.0476. The van der Waals surface area contributed by atoms with Crippen LogP contribution in [0.1, 0.15) is 5.69 Å². The molecule has 0 saturated carbocycles. The zero-order valence-corrected chi connectivity index (χ0v) is 14.3. The fourth-order valence-electron chi connectivity index (χ4n) is 2.79. The molecule has 0 bridgehead atoms. The summed E-state index contributed by atoms with van der Waals surface area (Å²) < 4.78 is 0. The maximum Gasteiger partial charge on any atom is 0.230 e. The summed E-state index contributed by atoms with van der Waals surface area (Å²) in [6.07, 6.45) is 0.270. The number of rotatable bonds is 4. The Morgan fingerprint density at radius 3 is 2.56 bits per heavy atom. The highest BCUT2D eigenvalue weighted by atomic mass is 32.1. The van der Waals surface area contributed by atoms with E-state index in [9.17, 15) is 4.79 Å². The third-order valence-electron chi connectivity index (χ3n) is 3.98. The van der Waals surface area contributed by atoms with Crippen LogP contribution in [0.4, 0.5) is 5.69 Å². The Bertz CT molecular complexity index is 1020. The van der Waals surface area contributed by atoms with Crippen LogP contribution in [0.5, 0.6) is 0 Å². The van der Waals surface area contributed by atoms with Gasteiger partial charge in [-0.1, -0.05) is 66.7 Å². The van der Waals surface area contributed by atoms with E-state index in [1.54, 1.807) is 11.3 Å². The van der Waals surface area contributed by atoms with Crippen molar-refractivity contribution in [2.45, 2.75) is 6.42 Å². The summed E-state index contributed by atoms with van der Waals surface area (Å²) in [5, 5.41) is 8.05. The highest BCUT2D eigenvalue weighted by molar-refractivity contribution is 7.13. The SMILES string of the molecule is O=C(Cc1csc(-c2ccccc2)n1)Nc1cccc2ccccc12. The van der Waals surface area contributed by atoms with Gasteiger partial charge in [0.2, 0.25) is 5.91 Å². The van der Waals surface area contributed by atoms with Crippen molar-refractivity contribution in [3.63, 3.8) is 0 Å². The summed E-state index contributed by atoms with van der Waals surface area (Å²) >= 11 is 1.56. The molecule has 0 aliphatic heterocycles. The van der Waals surface area contributed by atoms with Crippen molar-refractivity contribution in [2.75, 3.05) is 5.32 Å². The van der Waals surface area contributed by atoms with Gasteiger partial charge in [-0.2, -0.15) is 0 Å². The van der Waals surface area contributed by atoms with Gasteiger partial charge in [0, 0.05) is 22.0 Å². The Hall–Kier alpha value is -2.98. The molecule has 0 spiro atoms. The summed E-state index contributed by atoms with van der Waals surface area (Å²) in [6.45, 7) is 0. The topological polar surface area (TPSA) is 42.0 Å². The van der Waals surface area contributed by atoms with Gasteiger partial charge in [0.1, 0.15) is 5.01 Å². The zero-order chi connectivity index (χ0) is 17.1. The molecule has 4 aromatic rings. The van der Waals surface area contributed by atoms with Crippen LogP contribution in [0.15, 0.2) is 78.2 Å². The quantitative estimate of drug-likeness (QED) is 0.557. The van der Waals surface area contributed by atoms with Gasteiger partial charge < -0.3 is 5.32 Å². The van der Waals surface area contributed by atoms with Crippen molar-refractivity contribution in [1.82, 2.24) is 4.98 Å². The second-order valence-electron chi connectivity index (χ2n) is 5.76. The van der Waals surface area contributed by atoms with E-state index in [2.05, 4.69) is 10.3 Å². The minimum absolute atomic E-state index is 0.0544. The van der Waals surface area contributed by atoms with E-state index < -0.39 is 0 Å². The van der Waals surface area contributed by atoms with Crippen molar-refractivity contribution in [3.05, 3.63) is 83.9 Å². The molecule has 0 aliphatic rings. The lowest BCUT2D eigenvalue weighted by Gasteiger charge is -2.08. The monoisotopic (exact) mass is 344 g/mol. The molecule has 0 fully saturated rings. The number of hydrogen-bond acceptors (Lipinski definition) is 3. The van der Waals surface area contributed by atoms with Crippen LogP contribution < -0.4 is 5.32 Å². The average Bonchev–Trinajstić information content (AvgIpc) is 3.11. The number of anilines is 1. The van der Waals surface area contributed by atoms with Gasteiger partial charge in [-0.25, -0.2) is 4.98 Å². The highest BCUT2D eigenvalue weighted by Gasteiger charge is 2.10. The first-order chi connectivity index (χ1) is 12.3. The van der Waals surface area contributed by atoms with Crippen molar-refractivity contribution >= 4 is 33.7 Å². The number of nitrogens with zero attached hydrogens (tertiary/aromatic N) is 1. The van der Waals surface area contributed by atoms with Crippen LogP contribution in [-0.4, -0.2) is 10.9 Å². The van der Waals surface area contributed by atoms with Crippen molar-refractivity contribution < 1.29 is 4.79 Å². The van der Waals surface area contributed by atoms with E-state index in [1.807, 2.05) is 78.2 Å². The lowest BCUT2D eigenvalue weighted by atomic mass is 10.1. The van der Waals surface area contributed by atoms with Crippen LogP contribution in [0.25, 0.3) is 21.3 Å². The number of hydrogen-bond donors (Lipinski definition) is 1. The lowest BCUT2D eigenvalue weighted by Crippen LogP contribution is -2.14. The van der Waals surface area contributed by atoms with E-state index in [4.69, 9.17) is 0 Å². The molecule has 25 heavy (non-hydrogen) atoms. The molecular weight excluding hydrogens is 328 g/mol. The summed E-state index contributed by atoms with van der Waals surface area (Å²) in [5.41, 5.74) is 2.71. The third-order valence-corrected chi connectivity index (χ3v) is 4.92. The van der Waals surface area contributed by atoms with Crippen LogP contribution in [-0.2, 0) is 11.2 Å². The molecule has 0 aliphatic carbocycles. The van der Waals surface area contributed by atoms with E-state index in [0.29, 0.717) is 0 Å². The molecule has 1 heterocycles. The van der Waals surface area contributed by atoms with Crippen molar-refractivity contribution in [2.24, 2.45) is 0 Å². The number of amides is 1. The van der Waals surface area contributed by atoms with Gasteiger partial charge in [-0.3, -0.25) is 4.79 Å². The first-order valence-corrected chi connectivity index (χ1v) is 8.95. The van der Waals surface area contributed by atoms with Gasteiger partial charge in [-0.05, 0) is 11.5 Å². The van der Waals surface area contributed by atoms with Gasteiger partial charge in [0.05, 0.1) is 12.1 Å². The third kappa shape index (κ3) is 3.44. The Kier molecular flexibility index (Phi) is 4.27. The molecule has 3 aromatic carbocycles. The summed E-state index contributed by atoms with van der Waals surface area (Å²) in [5.74, 6) is -0.0544. The van der Waals surface area contributed by atoms with Gasteiger partial charge in [0.15, 0.2) is 0 Å². The lowest BCUT2D eigenvalue weighted by molar-refractivity contribution is -0.115. The first-order valence-electron chi connectivity index (χ1n) is 8.07. The standard InChI is InChI=1S/C21H16N2OS/c24-20(23-19-12-6-10-15-7-4-5-11-18(15)19)13-17-14-25-21(22-17)16-8-2-1-3-9-16/h1-12,14H,13H2,(H,23,24). The van der Waals surface area contributed by atoms with Crippen LogP contribution in [0.2, 0.25) is 0 Å². The average molecular weight is 344 g/mol. The number of thiazole rings is 1. The van der Waals surface area contributed by atoms with E-state index in [0.717, 1.165) is 32.7 Å². The summed E-state index contributed by atoms with van der Waals surface area (Å²) in [6, 6.07) is 24.0. The molecule has 3 nitrogen and oxygen atoms in total. The van der Waals surface area contributed by atoms with E-state index in [-0.39, 0.29) is 12.3 Å². The van der Waals surface area contributed by atoms with Crippen LogP contribution in [0.3, 0.4) is 0 Å². The molecule has 0 atom stereocenters. The number of aromatic nitrogens is 1. The second-order valence-corrected chi connectivity index (χ2v) is 6.62. The highest BCUT2D eigenvalue weighted by Crippen LogP contribution is 2.25. The minimum atomic E-state index is -0.0544. The Balaban J connectivity index is 1.50. The normalized spacial score (nSPS) is 10.7. The molecule has 4 heteroatoms. The Labute approximate surface area is 150 Å². The Morgan fingerprint density at radius 1 is 0.920 bits per heavy atom. The second kappa shape index (κ2) is 6.87. The molecular formula is C21H16N2OS. The number of fused-ring (bicyclic) bond motifs is 1. The van der Waals surface area contributed by atoms with Crippen LogP contribution in [0, 0.1) is 0 Å². The molecule has 1 amide bonds. The smallest absolute Gasteiger partial charge is 0.230 e.